The molecule has 0 aliphatic rings. The van der Waals surface area contributed by atoms with E-state index in [0.717, 1.165) is 0 Å². The Labute approximate surface area is 132 Å². The molecule has 2 N–H and O–H groups in total. The van der Waals surface area contributed by atoms with Crippen molar-refractivity contribution in [1.82, 2.24) is 9.78 Å². The molecule has 0 aliphatic carbocycles. The quantitative estimate of drug-likeness (QED) is 0.689. The molecular weight excluding hydrogens is 313 g/mol. The number of nitrogens with zero attached hydrogens (tertiary/aromatic N) is 2. The van der Waals surface area contributed by atoms with Crippen LogP contribution in [-0.2, 0) is 17.9 Å². The molecule has 5 nitrogen and oxygen atoms in total. The van der Waals surface area contributed by atoms with Crippen molar-refractivity contribution in [1.29, 1.82) is 0 Å². The summed E-state index contributed by atoms with van der Waals surface area (Å²) in [6, 6.07) is 4.58. The van der Waals surface area contributed by atoms with Crippen LogP contribution in [0.3, 0.4) is 0 Å². The van der Waals surface area contributed by atoms with Gasteiger partial charge in [0.15, 0.2) is 0 Å². The Morgan fingerprint density at radius 3 is 2.71 bits per heavy atom. The molecule has 112 valence electrons. The Hall–Kier alpha value is -1.72. The Balaban J connectivity index is 2.14. The summed E-state index contributed by atoms with van der Waals surface area (Å²) in [6.07, 6.45) is 0. The molecule has 0 bridgehead atoms. The number of nitrogen functional groups attached to an aromatic ring is 1. The Morgan fingerprint density at radius 2 is 2.10 bits per heavy atom. The molecule has 21 heavy (non-hydrogen) atoms. The van der Waals surface area contributed by atoms with Crippen LogP contribution in [-0.4, -0.2) is 15.7 Å². The van der Waals surface area contributed by atoms with E-state index in [4.69, 9.17) is 33.7 Å². The van der Waals surface area contributed by atoms with Gasteiger partial charge in [-0.05, 0) is 32.0 Å². The smallest absolute Gasteiger partial charge is 0.338 e. The second-order valence-corrected chi connectivity index (χ2v) is 5.33. The number of hydrogen-bond donors (Lipinski definition) is 1. The minimum Gasteiger partial charge on any atom is -0.456 e. The van der Waals surface area contributed by atoms with Gasteiger partial charge in [-0.25, -0.2) is 4.79 Å². The van der Waals surface area contributed by atoms with Gasteiger partial charge in [0, 0.05) is 17.3 Å². The first-order chi connectivity index (χ1) is 9.92. The van der Waals surface area contributed by atoms with E-state index in [1.54, 1.807) is 17.7 Å². The van der Waals surface area contributed by atoms with Crippen molar-refractivity contribution in [2.75, 3.05) is 5.73 Å². The molecule has 0 saturated carbocycles. The summed E-state index contributed by atoms with van der Waals surface area (Å²) in [7, 11) is 0. The van der Waals surface area contributed by atoms with Gasteiger partial charge in [0.2, 0.25) is 0 Å². The van der Waals surface area contributed by atoms with Crippen molar-refractivity contribution in [2.45, 2.75) is 27.0 Å². The molecule has 0 saturated heterocycles. The zero-order chi connectivity index (χ0) is 15.6. The number of carbonyl (C=O) groups excluding carboxylic acids is 1. The second kappa shape index (κ2) is 6.37. The number of nitrogens with two attached hydrogens (primary N) is 1. The fraction of sp³-hybridized carbons (Fsp3) is 0.286. The maximum Gasteiger partial charge on any atom is 0.338 e. The van der Waals surface area contributed by atoms with Crippen molar-refractivity contribution in [3.05, 3.63) is 45.2 Å². The van der Waals surface area contributed by atoms with Gasteiger partial charge in [-0.15, -0.1) is 0 Å². The predicted octanol–water partition coefficient (Wildman–Crippen LogP) is 3.46. The number of esters is 1. The summed E-state index contributed by atoms with van der Waals surface area (Å²) in [4.78, 5) is 12.0. The summed E-state index contributed by atoms with van der Waals surface area (Å²) in [5, 5.41) is 5.15. The maximum absolute atomic E-state index is 12.0. The number of benzene rings is 1. The monoisotopic (exact) mass is 327 g/mol. The first-order valence-corrected chi connectivity index (χ1v) is 7.13. The average Bonchev–Trinajstić information content (AvgIpc) is 2.70. The summed E-state index contributed by atoms with van der Waals surface area (Å²) >= 11 is 12.0. The van der Waals surface area contributed by atoms with Crippen LogP contribution in [0, 0.1) is 6.92 Å². The minimum absolute atomic E-state index is 0.0404. The molecule has 0 atom stereocenters. The van der Waals surface area contributed by atoms with Gasteiger partial charge in [0.1, 0.15) is 6.61 Å². The van der Waals surface area contributed by atoms with Crippen molar-refractivity contribution in [3.63, 3.8) is 0 Å². The molecule has 1 heterocycles. The Morgan fingerprint density at radius 1 is 1.38 bits per heavy atom. The first kappa shape index (κ1) is 15.7. The topological polar surface area (TPSA) is 70.1 Å². The molecule has 0 amide bonds. The lowest BCUT2D eigenvalue weighted by molar-refractivity contribution is 0.0462. The number of anilines is 1. The van der Waals surface area contributed by atoms with Crippen LogP contribution >= 0.6 is 23.2 Å². The van der Waals surface area contributed by atoms with Crippen molar-refractivity contribution >= 4 is 34.9 Å². The van der Waals surface area contributed by atoms with Crippen LogP contribution in [0.4, 0.5) is 5.69 Å². The van der Waals surface area contributed by atoms with Crippen LogP contribution in [0.15, 0.2) is 18.2 Å². The van der Waals surface area contributed by atoms with E-state index in [2.05, 4.69) is 5.10 Å². The van der Waals surface area contributed by atoms with Crippen molar-refractivity contribution in [2.24, 2.45) is 0 Å². The highest BCUT2D eigenvalue weighted by Crippen LogP contribution is 2.22. The Kier molecular flexibility index (Phi) is 4.75. The van der Waals surface area contributed by atoms with E-state index in [-0.39, 0.29) is 6.61 Å². The van der Waals surface area contributed by atoms with E-state index in [1.807, 2.05) is 6.92 Å². The van der Waals surface area contributed by atoms with E-state index in [0.29, 0.717) is 39.2 Å². The molecule has 0 radical (unpaired) electrons. The van der Waals surface area contributed by atoms with Crippen LogP contribution < -0.4 is 5.73 Å². The number of hydrogen-bond acceptors (Lipinski definition) is 4. The van der Waals surface area contributed by atoms with Gasteiger partial charge in [-0.3, -0.25) is 4.68 Å². The Bertz CT molecular complexity index is 663. The standard InChI is InChI=1S/C14H15Cl2N3O2/c1-3-19-12(13(16)8(2)18-19)7-21-14(20)9-4-10(15)6-11(17)5-9/h4-6H,3,7,17H2,1-2H3. The molecule has 2 rings (SSSR count). The third-order valence-electron chi connectivity index (χ3n) is 2.95. The molecular formula is C14H15Cl2N3O2. The lowest BCUT2D eigenvalue weighted by atomic mass is 10.2. The number of aromatic nitrogens is 2. The number of ether oxygens (including phenoxy) is 1. The SMILES string of the molecule is CCn1nc(C)c(Cl)c1COC(=O)c1cc(N)cc(Cl)c1. The van der Waals surface area contributed by atoms with Gasteiger partial charge < -0.3 is 10.5 Å². The average molecular weight is 328 g/mol. The van der Waals surface area contributed by atoms with Crippen LogP contribution in [0.2, 0.25) is 10.0 Å². The fourth-order valence-electron chi connectivity index (χ4n) is 1.95. The molecule has 0 spiro atoms. The highest BCUT2D eigenvalue weighted by Gasteiger charge is 2.16. The first-order valence-electron chi connectivity index (χ1n) is 6.37. The molecule has 0 fully saturated rings. The zero-order valence-corrected chi connectivity index (χ0v) is 13.2. The zero-order valence-electron chi connectivity index (χ0n) is 11.7. The predicted molar refractivity (Wildman–Crippen MR) is 82.6 cm³/mol. The molecule has 0 aliphatic heterocycles. The largest absolute Gasteiger partial charge is 0.456 e. The molecule has 1 aromatic heterocycles. The second-order valence-electron chi connectivity index (χ2n) is 4.51. The van der Waals surface area contributed by atoms with Gasteiger partial charge in [-0.1, -0.05) is 23.2 Å². The molecule has 1 aromatic carbocycles. The summed E-state index contributed by atoms with van der Waals surface area (Å²) < 4.78 is 6.97. The minimum atomic E-state index is -0.512. The number of halogens is 2. The van der Waals surface area contributed by atoms with Gasteiger partial charge >= 0.3 is 5.97 Å². The summed E-state index contributed by atoms with van der Waals surface area (Å²) in [5.41, 5.74) is 7.73. The molecule has 2 aromatic rings. The molecule has 0 unspecified atom stereocenters. The van der Waals surface area contributed by atoms with E-state index in [1.165, 1.54) is 12.1 Å². The lowest BCUT2D eigenvalue weighted by Gasteiger charge is -2.08. The normalized spacial score (nSPS) is 10.7. The maximum atomic E-state index is 12.0. The van der Waals surface area contributed by atoms with E-state index < -0.39 is 5.97 Å². The number of carbonyl (C=O) groups is 1. The molecule has 7 heteroatoms. The van der Waals surface area contributed by atoms with Crippen LogP contribution in [0.25, 0.3) is 0 Å². The van der Waals surface area contributed by atoms with Gasteiger partial charge in [0.05, 0.1) is 22.0 Å². The van der Waals surface area contributed by atoms with Crippen molar-refractivity contribution in [3.8, 4) is 0 Å². The number of aryl methyl sites for hydroxylation is 2. The van der Waals surface area contributed by atoms with E-state index >= 15 is 0 Å². The third kappa shape index (κ3) is 3.49. The van der Waals surface area contributed by atoms with Crippen molar-refractivity contribution < 1.29 is 9.53 Å². The highest BCUT2D eigenvalue weighted by atomic mass is 35.5. The third-order valence-corrected chi connectivity index (χ3v) is 3.66. The lowest BCUT2D eigenvalue weighted by Crippen LogP contribution is -2.10. The number of rotatable bonds is 4. The summed E-state index contributed by atoms with van der Waals surface area (Å²) in [6.45, 7) is 4.42. The fourth-order valence-corrected chi connectivity index (χ4v) is 2.39. The van der Waals surface area contributed by atoms with E-state index in [9.17, 15) is 4.79 Å². The highest BCUT2D eigenvalue weighted by molar-refractivity contribution is 6.32. The van der Waals surface area contributed by atoms with Crippen LogP contribution in [0.1, 0.15) is 28.7 Å². The van der Waals surface area contributed by atoms with Gasteiger partial charge in [0.25, 0.3) is 0 Å². The summed E-state index contributed by atoms with van der Waals surface area (Å²) in [5.74, 6) is -0.512. The van der Waals surface area contributed by atoms with Crippen LogP contribution in [0.5, 0.6) is 0 Å². The van der Waals surface area contributed by atoms with Gasteiger partial charge in [-0.2, -0.15) is 5.10 Å².